The summed E-state index contributed by atoms with van der Waals surface area (Å²) in [5, 5.41) is 1.38. The Bertz CT molecular complexity index is 356. The molecule has 0 unspecified atom stereocenters. The van der Waals surface area contributed by atoms with E-state index in [9.17, 15) is 4.79 Å². The summed E-state index contributed by atoms with van der Waals surface area (Å²) in [5.41, 5.74) is 0.299. The number of rotatable bonds is 5. The van der Waals surface area contributed by atoms with E-state index in [-0.39, 0.29) is 5.92 Å². The van der Waals surface area contributed by atoms with Crippen molar-refractivity contribution < 1.29 is 4.79 Å². The summed E-state index contributed by atoms with van der Waals surface area (Å²) in [7, 11) is -1.64. The van der Waals surface area contributed by atoms with Crippen molar-refractivity contribution in [1.82, 2.24) is 0 Å². The topological polar surface area (TPSA) is 17.1 Å². The molecule has 0 amide bonds. The largest absolute Gasteiger partial charge is 0.303 e. The number of carbonyl (C=O) groups is 1. The van der Waals surface area contributed by atoms with E-state index >= 15 is 0 Å². The SMILES string of the molecule is C=C[C@H]([C@@H](C)C=O)[Si](C)(C)c1ccccc1. The third-order valence-corrected chi connectivity index (χ3v) is 7.64. The van der Waals surface area contributed by atoms with Gasteiger partial charge in [0, 0.05) is 5.92 Å². The van der Waals surface area contributed by atoms with Gasteiger partial charge in [0.25, 0.3) is 0 Å². The highest BCUT2D eigenvalue weighted by Crippen LogP contribution is 2.29. The number of hydrogen-bond acceptors (Lipinski definition) is 1. The second-order valence-corrected chi connectivity index (χ2v) is 9.53. The molecule has 0 saturated heterocycles. The standard InChI is InChI=1S/C14H20OSi/c1-5-14(12(2)11-15)16(3,4)13-9-7-6-8-10-13/h5-12,14H,1H2,2-4H3/t12-,14+/m0/s1. The van der Waals surface area contributed by atoms with E-state index in [4.69, 9.17) is 0 Å². The summed E-state index contributed by atoms with van der Waals surface area (Å²) in [6, 6.07) is 10.5. The molecule has 0 aliphatic carbocycles. The minimum atomic E-state index is -1.64. The monoisotopic (exact) mass is 232 g/mol. The van der Waals surface area contributed by atoms with Crippen LogP contribution in [0.2, 0.25) is 18.6 Å². The third kappa shape index (κ3) is 2.50. The van der Waals surface area contributed by atoms with Crippen molar-refractivity contribution in [3.63, 3.8) is 0 Å². The van der Waals surface area contributed by atoms with Crippen LogP contribution in [-0.4, -0.2) is 14.4 Å². The van der Waals surface area contributed by atoms with Gasteiger partial charge in [0.1, 0.15) is 6.29 Å². The zero-order chi connectivity index (χ0) is 12.2. The molecule has 1 aromatic rings. The van der Waals surface area contributed by atoms with Crippen molar-refractivity contribution in [3.8, 4) is 0 Å². The highest BCUT2D eigenvalue weighted by molar-refractivity contribution is 6.91. The number of hydrogen-bond donors (Lipinski definition) is 0. The molecule has 0 heterocycles. The summed E-state index contributed by atoms with van der Waals surface area (Å²) in [4.78, 5) is 11.0. The summed E-state index contributed by atoms with van der Waals surface area (Å²) in [6.45, 7) is 10.5. The number of allylic oxidation sites excluding steroid dienone is 1. The van der Waals surface area contributed by atoms with E-state index in [1.54, 1.807) is 0 Å². The van der Waals surface area contributed by atoms with Gasteiger partial charge in [-0.05, 0) is 5.54 Å². The van der Waals surface area contributed by atoms with Crippen molar-refractivity contribution >= 4 is 19.5 Å². The molecule has 0 fully saturated rings. The Morgan fingerprint density at radius 2 is 1.81 bits per heavy atom. The van der Waals surface area contributed by atoms with E-state index in [0.29, 0.717) is 5.54 Å². The quantitative estimate of drug-likeness (QED) is 0.433. The second kappa shape index (κ2) is 5.26. The van der Waals surface area contributed by atoms with Crippen LogP contribution in [0.3, 0.4) is 0 Å². The van der Waals surface area contributed by atoms with Crippen molar-refractivity contribution in [3.05, 3.63) is 43.0 Å². The fourth-order valence-corrected chi connectivity index (χ4v) is 5.73. The zero-order valence-corrected chi connectivity index (χ0v) is 11.3. The number of aldehydes is 1. The van der Waals surface area contributed by atoms with E-state index in [0.717, 1.165) is 6.29 Å². The fraction of sp³-hybridized carbons (Fsp3) is 0.357. The van der Waals surface area contributed by atoms with Crippen LogP contribution in [-0.2, 0) is 4.79 Å². The zero-order valence-electron chi connectivity index (χ0n) is 10.3. The molecule has 0 aliphatic rings. The maximum absolute atomic E-state index is 11.0. The fourth-order valence-electron chi connectivity index (χ4n) is 2.31. The van der Waals surface area contributed by atoms with Crippen LogP contribution in [0.4, 0.5) is 0 Å². The Morgan fingerprint density at radius 1 is 1.25 bits per heavy atom. The van der Waals surface area contributed by atoms with Gasteiger partial charge in [-0.15, -0.1) is 6.58 Å². The van der Waals surface area contributed by atoms with Crippen LogP contribution in [0.1, 0.15) is 6.92 Å². The molecule has 2 atom stereocenters. The lowest BCUT2D eigenvalue weighted by molar-refractivity contribution is -0.110. The molecule has 0 aliphatic heterocycles. The van der Waals surface area contributed by atoms with E-state index in [1.165, 1.54) is 5.19 Å². The van der Waals surface area contributed by atoms with Crippen LogP contribution in [0, 0.1) is 5.92 Å². The first kappa shape index (κ1) is 12.9. The molecule has 1 rings (SSSR count). The first-order valence-corrected chi connectivity index (χ1v) is 8.75. The molecular weight excluding hydrogens is 212 g/mol. The van der Waals surface area contributed by atoms with Gasteiger partial charge in [0.15, 0.2) is 0 Å². The van der Waals surface area contributed by atoms with E-state index < -0.39 is 8.07 Å². The molecule has 1 aromatic carbocycles. The normalized spacial score (nSPS) is 15.2. The van der Waals surface area contributed by atoms with Crippen molar-refractivity contribution in [2.24, 2.45) is 5.92 Å². The van der Waals surface area contributed by atoms with Gasteiger partial charge in [0.2, 0.25) is 0 Å². The predicted molar refractivity (Wildman–Crippen MR) is 72.7 cm³/mol. The lowest BCUT2D eigenvalue weighted by Gasteiger charge is -2.33. The predicted octanol–water partition coefficient (Wildman–Crippen LogP) is 2.99. The van der Waals surface area contributed by atoms with Crippen LogP contribution >= 0.6 is 0 Å². The molecule has 0 radical (unpaired) electrons. The first-order valence-electron chi connectivity index (χ1n) is 5.67. The summed E-state index contributed by atoms with van der Waals surface area (Å²) >= 11 is 0. The Morgan fingerprint density at radius 3 is 2.25 bits per heavy atom. The summed E-state index contributed by atoms with van der Waals surface area (Å²) in [5.74, 6) is 0.0550. The van der Waals surface area contributed by atoms with Crippen LogP contribution in [0.25, 0.3) is 0 Å². The molecule has 0 saturated carbocycles. The summed E-state index contributed by atoms with van der Waals surface area (Å²) in [6.07, 6.45) is 3.00. The molecular formula is C14H20OSi. The second-order valence-electron chi connectivity index (χ2n) is 4.84. The summed E-state index contributed by atoms with van der Waals surface area (Å²) < 4.78 is 0. The molecule has 0 bridgehead atoms. The average Bonchev–Trinajstić information content (AvgIpc) is 2.30. The molecule has 2 heteroatoms. The van der Waals surface area contributed by atoms with Gasteiger partial charge >= 0.3 is 0 Å². The highest BCUT2D eigenvalue weighted by atomic mass is 28.3. The molecule has 86 valence electrons. The lowest BCUT2D eigenvalue weighted by Crippen LogP contribution is -2.47. The molecule has 0 aromatic heterocycles. The van der Waals surface area contributed by atoms with Gasteiger partial charge < -0.3 is 4.79 Å². The first-order chi connectivity index (χ1) is 7.54. The van der Waals surface area contributed by atoms with Crippen molar-refractivity contribution in [2.75, 3.05) is 0 Å². The lowest BCUT2D eigenvalue weighted by atomic mass is 10.1. The Labute approximate surface area is 99.2 Å². The van der Waals surface area contributed by atoms with E-state index in [2.05, 4.69) is 43.9 Å². The van der Waals surface area contributed by atoms with Crippen LogP contribution in [0.5, 0.6) is 0 Å². The Balaban J connectivity index is 3.08. The van der Waals surface area contributed by atoms with Gasteiger partial charge in [-0.3, -0.25) is 0 Å². The average molecular weight is 232 g/mol. The smallest absolute Gasteiger partial charge is 0.123 e. The number of carbonyl (C=O) groups excluding carboxylic acids is 1. The Kier molecular flexibility index (Phi) is 4.24. The molecule has 0 N–H and O–H groups in total. The van der Waals surface area contributed by atoms with Crippen LogP contribution in [0.15, 0.2) is 43.0 Å². The minimum absolute atomic E-state index is 0.0550. The molecule has 16 heavy (non-hydrogen) atoms. The van der Waals surface area contributed by atoms with Crippen molar-refractivity contribution in [2.45, 2.75) is 25.6 Å². The van der Waals surface area contributed by atoms with Crippen molar-refractivity contribution in [1.29, 1.82) is 0 Å². The number of benzene rings is 1. The van der Waals surface area contributed by atoms with Gasteiger partial charge in [-0.25, -0.2) is 0 Å². The third-order valence-electron chi connectivity index (χ3n) is 3.39. The van der Waals surface area contributed by atoms with Crippen LogP contribution < -0.4 is 5.19 Å². The van der Waals surface area contributed by atoms with Gasteiger partial charge in [0.05, 0.1) is 8.07 Å². The highest BCUT2D eigenvalue weighted by Gasteiger charge is 2.34. The molecule has 0 spiro atoms. The maximum Gasteiger partial charge on any atom is 0.123 e. The van der Waals surface area contributed by atoms with Gasteiger partial charge in [-0.2, -0.15) is 0 Å². The van der Waals surface area contributed by atoms with Gasteiger partial charge in [-0.1, -0.05) is 61.6 Å². The minimum Gasteiger partial charge on any atom is -0.303 e. The Hall–Kier alpha value is -1.15. The van der Waals surface area contributed by atoms with E-state index in [1.807, 2.05) is 19.1 Å². The maximum atomic E-state index is 11.0. The molecule has 1 nitrogen and oxygen atoms in total.